The standard InChI is InChI=1S/C17H16O2/c1-19-17-12-8-15(9-13-17)7-11-16(18)10-6-14-4-2-3-5-14/h2-14H,1H3/b10-6+,11-7+. The van der Waals surface area contributed by atoms with E-state index in [1.54, 1.807) is 25.3 Å². The van der Waals surface area contributed by atoms with E-state index >= 15 is 0 Å². The van der Waals surface area contributed by atoms with Gasteiger partial charge in [-0.1, -0.05) is 48.6 Å². The Morgan fingerprint density at radius 3 is 2.42 bits per heavy atom. The highest BCUT2D eigenvalue weighted by molar-refractivity contribution is 6.02. The molecule has 0 amide bonds. The van der Waals surface area contributed by atoms with Crippen molar-refractivity contribution in [1.82, 2.24) is 0 Å². The van der Waals surface area contributed by atoms with Gasteiger partial charge in [-0.15, -0.1) is 0 Å². The molecule has 2 nitrogen and oxygen atoms in total. The molecule has 2 heteroatoms. The van der Waals surface area contributed by atoms with E-state index in [9.17, 15) is 4.79 Å². The summed E-state index contributed by atoms with van der Waals surface area (Å²) in [4.78, 5) is 11.6. The first kappa shape index (κ1) is 13.1. The molecule has 1 aromatic rings. The number of allylic oxidation sites excluding steroid dienone is 7. The molecule has 0 saturated carbocycles. The average molecular weight is 252 g/mol. The number of hydrogen-bond acceptors (Lipinski definition) is 2. The zero-order valence-corrected chi connectivity index (χ0v) is 10.8. The molecule has 1 aliphatic rings. The van der Waals surface area contributed by atoms with E-state index in [2.05, 4.69) is 0 Å². The number of rotatable bonds is 5. The largest absolute Gasteiger partial charge is 0.497 e. The molecule has 96 valence electrons. The average Bonchev–Trinajstić information content (AvgIpc) is 2.96. The Morgan fingerprint density at radius 2 is 1.79 bits per heavy atom. The first-order valence-corrected chi connectivity index (χ1v) is 6.17. The van der Waals surface area contributed by atoms with Gasteiger partial charge in [-0.05, 0) is 29.8 Å². The predicted molar refractivity (Wildman–Crippen MR) is 77.9 cm³/mol. The monoisotopic (exact) mass is 252 g/mol. The summed E-state index contributed by atoms with van der Waals surface area (Å²) in [6, 6.07) is 7.56. The highest BCUT2D eigenvalue weighted by Gasteiger charge is 1.98. The van der Waals surface area contributed by atoms with Gasteiger partial charge in [-0.2, -0.15) is 0 Å². The third kappa shape index (κ3) is 4.11. The lowest BCUT2D eigenvalue weighted by Crippen LogP contribution is -1.88. The van der Waals surface area contributed by atoms with Crippen molar-refractivity contribution in [1.29, 1.82) is 0 Å². The van der Waals surface area contributed by atoms with Crippen LogP contribution in [0.4, 0.5) is 0 Å². The maximum atomic E-state index is 11.6. The number of ether oxygens (including phenoxy) is 1. The Bertz CT molecular complexity index is 533. The van der Waals surface area contributed by atoms with Gasteiger partial charge in [0.25, 0.3) is 0 Å². The minimum absolute atomic E-state index is 0.00971. The van der Waals surface area contributed by atoms with Crippen molar-refractivity contribution in [2.75, 3.05) is 7.11 Å². The summed E-state index contributed by atoms with van der Waals surface area (Å²) < 4.78 is 5.08. The zero-order chi connectivity index (χ0) is 13.5. The van der Waals surface area contributed by atoms with E-state index in [0.717, 1.165) is 11.3 Å². The normalized spacial score (nSPS) is 14.8. The molecule has 19 heavy (non-hydrogen) atoms. The molecule has 0 saturated heterocycles. The number of carbonyl (C=O) groups excluding carboxylic acids is 1. The molecule has 0 aromatic heterocycles. The topological polar surface area (TPSA) is 26.3 Å². The van der Waals surface area contributed by atoms with E-state index < -0.39 is 0 Å². The van der Waals surface area contributed by atoms with Crippen LogP contribution in [-0.4, -0.2) is 12.9 Å². The summed E-state index contributed by atoms with van der Waals surface area (Å²) in [7, 11) is 1.63. The van der Waals surface area contributed by atoms with Crippen LogP contribution in [0.1, 0.15) is 5.56 Å². The third-order valence-electron chi connectivity index (χ3n) is 2.82. The Balaban J connectivity index is 1.91. The zero-order valence-electron chi connectivity index (χ0n) is 10.8. The van der Waals surface area contributed by atoms with Crippen LogP contribution in [0.5, 0.6) is 5.75 Å². The lowest BCUT2D eigenvalue weighted by Gasteiger charge is -1.98. The second kappa shape index (κ2) is 6.55. The summed E-state index contributed by atoms with van der Waals surface area (Å²) in [5.41, 5.74) is 0.975. The smallest absolute Gasteiger partial charge is 0.178 e. The van der Waals surface area contributed by atoms with Gasteiger partial charge in [0.1, 0.15) is 5.75 Å². The van der Waals surface area contributed by atoms with Gasteiger partial charge in [0.15, 0.2) is 5.78 Å². The molecule has 0 heterocycles. The summed E-state index contributed by atoms with van der Waals surface area (Å²) in [6.07, 6.45) is 14.9. The van der Waals surface area contributed by atoms with E-state index in [4.69, 9.17) is 4.74 Å². The number of benzene rings is 1. The maximum absolute atomic E-state index is 11.6. The summed E-state index contributed by atoms with van der Waals surface area (Å²) in [5, 5.41) is 0. The van der Waals surface area contributed by atoms with Crippen LogP contribution < -0.4 is 4.74 Å². The van der Waals surface area contributed by atoms with Crippen LogP contribution in [0.2, 0.25) is 0 Å². The second-order valence-electron chi connectivity index (χ2n) is 4.22. The Kier molecular flexibility index (Phi) is 4.51. The molecule has 1 aromatic carbocycles. The van der Waals surface area contributed by atoms with Crippen molar-refractivity contribution in [3.63, 3.8) is 0 Å². The van der Waals surface area contributed by atoms with Crippen molar-refractivity contribution in [3.05, 3.63) is 72.4 Å². The molecule has 0 aliphatic heterocycles. The van der Waals surface area contributed by atoms with Crippen LogP contribution in [0.25, 0.3) is 6.08 Å². The van der Waals surface area contributed by atoms with Crippen LogP contribution in [0.3, 0.4) is 0 Å². The predicted octanol–water partition coefficient (Wildman–Crippen LogP) is 3.58. The van der Waals surface area contributed by atoms with Crippen LogP contribution in [0.15, 0.2) is 66.8 Å². The summed E-state index contributed by atoms with van der Waals surface area (Å²) in [6.45, 7) is 0. The quantitative estimate of drug-likeness (QED) is 0.749. The van der Waals surface area contributed by atoms with Gasteiger partial charge in [-0.3, -0.25) is 4.79 Å². The molecule has 1 aliphatic carbocycles. The number of carbonyl (C=O) groups is 1. The Morgan fingerprint density at radius 1 is 1.11 bits per heavy atom. The lowest BCUT2D eigenvalue weighted by molar-refractivity contribution is -0.110. The van der Waals surface area contributed by atoms with Gasteiger partial charge in [0, 0.05) is 5.92 Å². The fraction of sp³-hybridized carbons (Fsp3) is 0.118. The molecular formula is C17H16O2. The first-order valence-electron chi connectivity index (χ1n) is 6.17. The molecule has 0 N–H and O–H groups in total. The van der Waals surface area contributed by atoms with Gasteiger partial charge in [-0.25, -0.2) is 0 Å². The van der Waals surface area contributed by atoms with Crippen molar-refractivity contribution >= 4 is 11.9 Å². The minimum Gasteiger partial charge on any atom is -0.497 e. The van der Waals surface area contributed by atoms with Gasteiger partial charge in [0.2, 0.25) is 0 Å². The molecule has 0 atom stereocenters. The van der Waals surface area contributed by atoms with Crippen molar-refractivity contribution in [3.8, 4) is 5.75 Å². The number of methoxy groups -OCH3 is 1. The Labute approximate surface area is 113 Å². The molecule has 0 spiro atoms. The van der Waals surface area contributed by atoms with Gasteiger partial charge in [0.05, 0.1) is 7.11 Å². The molecule has 0 radical (unpaired) electrons. The molecule has 2 rings (SSSR count). The highest BCUT2D eigenvalue weighted by atomic mass is 16.5. The van der Waals surface area contributed by atoms with E-state index in [-0.39, 0.29) is 11.7 Å². The van der Waals surface area contributed by atoms with E-state index in [0.29, 0.717) is 0 Å². The van der Waals surface area contributed by atoms with Crippen molar-refractivity contribution in [2.24, 2.45) is 5.92 Å². The number of hydrogen-bond donors (Lipinski definition) is 0. The molecular weight excluding hydrogens is 236 g/mol. The summed E-state index contributed by atoms with van der Waals surface area (Å²) >= 11 is 0. The molecule has 0 bridgehead atoms. The first-order chi connectivity index (χ1) is 9.28. The van der Waals surface area contributed by atoms with E-state index in [1.807, 2.05) is 54.6 Å². The van der Waals surface area contributed by atoms with Crippen molar-refractivity contribution < 1.29 is 9.53 Å². The fourth-order valence-electron chi connectivity index (χ4n) is 1.73. The fourth-order valence-corrected chi connectivity index (χ4v) is 1.73. The van der Waals surface area contributed by atoms with Crippen molar-refractivity contribution in [2.45, 2.75) is 0 Å². The van der Waals surface area contributed by atoms with Crippen LogP contribution in [-0.2, 0) is 4.79 Å². The molecule has 0 unspecified atom stereocenters. The molecule has 0 fully saturated rings. The summed E-state index contributed by atoms with van der Waals surface area (Å²) in [5.74, 6) is 1.05. The minimum atomic E-state index is -0.00971. The highest BCUT2D eigenvalue weighted by Crippen LogP contribution is 2.13. The van der Waals surface area contributed by atoms with E-state index in [1.165, 1.54) is 0 Å². The van der Waals surface area contributed by atoms with Crippen LogP contribution >= 0.6 is 0 Å². The number of ketones is 1. The second-order valence-corrected chi connectivity index (χ2v) is 4.22. The van der Waals surface area contributed by atoms with Crippen LogP contribution in [0, 0.1) is 5.92 Å². The lowest BCUT2D eigenvalue weighted by atomic mass is 10.1. The SMILES string of the molecule is COc1ccc(/C=C/C(=O)/C=C/C2C=CC=C2)cc1. The third-order valence-corrected chi connectivity index (χ3v) is 2.82. The van der Waals surface area contributed by atoms with Gasteiger partial charge >= 0.3 is 0 Å². The van der Waals surface area contributed by atoms with Gasteiger partial charge < -0.3 is 4.74 Å². The Hall–Kier alpha value is -2.35. The maximum Gasteiger partial charge on any atom is 0.178 e.